The van der Waals surface area contributed by atoms with E-state index in [1.54, 1.807) is 16.8 Å². The van der Waals surface area contributed by atoms with Crippen LogP contribution in [0.25, 0.3) is 0 Å². The number of aromatic nitrogens is 2. The summed E-state index contributed by atoms with van der Waals surface area (Å²) in [6.07, 6.45) is 5.42. The van der Waals surface area contributed by atoms with Crippen LogP contribution in [0.4, 0.5) is 0 Å². The molecule has 0 spiro atoms. The zero-order chi connectivity index (χ0) is 10.5. The van der Waals surface area contributed by atoms with E-state index in [0.717, 1.165) is 10.4 Å². The van der Waals surface area contributed by atoms with Crippen molar-refractivity contribution in [3.63, 3.8) is 0 Å². The molecule has 2 heterocycles. The van der Waals surface area contributed by atoms with E-state index in [4.69, 9.17) is 0 Å². The van der Waals surface area contributed by atoms with E-state index in [1.807, 2.05) is 11.8 Å². The first-order valence-corrected chi connectivity index (χ1v) is 7.32. The standard InChI is InChI=1S/C10H17N3S2/c1-13-6-3-2-4-9(13)5-7-14-10-12-11-8-15-10/h8-9H,2-7H2,1H3. The molecular weight excluding hydrogens is 226 g/mol. The molecule has 0 radical (unpaired) electrons. The summed E-state index contributed by atoms with van der Waals surface area (Å²) in [7, 11) is 2.25. The molecule has 5 heteroatoms. The maximum absolute atomic E-state index is 4.04. The predicted molar refractivity (Wildman–Crippen MR) is 65.5 cm³/mol. The van der Waals surface area contributed by atoms with Crippen molar-refractivity contribution < 1.29 is 0 Å². The highest BCUT2D eigenvalue weighted by molar-refractivity contribution is 8.00. The summed E-state index contributed by atoms with van der Waals surface area (Å²) >= 11 is 3.48. The van der Waals surface area contributed by atoms with E-state index >= 15 is 0 Å². The highest BCUT2D eigenvalue weighted by atomic mass is 32.2. The fourth-order valence-electron chi connectivity index (χ4n) is 2.02. The topological polar surface area (TPSA) is 29.0 Å². The Bertz CT molecular complexity index is 276. The summed E-state index contributed by atoms with van der Waals surface area (Å²) in [5, 5.41) is 7.88. The van der Waals surface area contributed by atoms with Crippen molar-refractivity contribution >= 4 is 23.1 Å². The molecule has 1 aromatic heterocycles. The Morgan fingerprint density at radius 1 is 1.60 bits per heavy atom. The van der Waals surface area contributed by atoms with Gasteiger partial charge < -0.3 is 4.90 Å². The van der Waals surface area contributed by atoms with Crippen LogP contribution in [0.15, 0.2) is 9.85 Å². The summed E-state index contributed by atoms with van der Waals surface area (Å²) in [5.74, 6) is 1.17. The maximum atomic E-state index is 4.04. The van der Waals surface area contributed by atoms with Crippen molar-refractivity contribution in [2.24, 2.45) is 0 Å². The van der Waals surface area contributed by atoms with Crippen LogP contribution in [0.5, 0.6) is 0 Å². The molecule has 0 aromatic carbocycles. The summed E-state index contributed by atoms with van der Waals surface area (Å²) in [6.45, 7) is 1.27. The lowest BCUT2D eigenvalue weighted by Gasteiger charge is -2.32. The van der Waals surface area contributed by atoms with Crippen LogP contribution in [-0.4, -0.2) is 40.5 Å². The van der Waals surface area contributed by atoms with Gasteiger partial charge in [0.05, 0.1) is 0 Å². The monoisotopic (exact) mass is 243 g/mol. The Morgan fingerprint density at radius 3 is 3.27 bits per heavy atom. The van der Waals surface area contributed by atoms with Crippen molar-refractivity contribution in [2.75, 3.05) is 19.3 Å². The zero-order valence-corrected chi connectivity index (χ0v) is 10.7. The average Bonchev–Trinajstić information content (AvgIpc) is 2.74. The van der Waals surface area contributed by atoms with Crippen molar-refractivity contribution in [1.29, 1.82) is 0 Å². The van der Waals surface area contributed by atoms with E-state index in [1.165, 1.54) is 38.0 Å². The van der Waals surface area contributed by atoms with Gasteiger partial charge in [-0.1, -0.05) is 29.5 Å². The fraction of sp³-hybridized carbons (Fsp3) is 0.800. The summed E-state index contributed by atoms with van der Waals surface area (Å²) in [4.78, 5) is 2.50. The molecule has 1 aliphatic rings. The Morgan fingerprint density at radius 2 is 2.53 bits per heavy atom. The van der Waals surface area contributed by atoms with Crippen molar-refractivity contribution in [1.82, 2.24) is 15.1 Å². The smallest absolute Gasteiger partial charge is 0.174 e. The van der Waals surface area contributed by atoms with E-state index in [-0.39, 0.29) is 0 Å². The zero-order valence-electron chi connectivity index (χ0n) is 9.06. The molecule has 1 aromatic rings. The van der Waals surface area contributed by atoms with Crippen LogP contribution < -0.4 is 0 Å². The molecule has 1 atom stereocenters. The summed E-state index contributed by atoms with van der Waals surface area (Å²) < 4.78 is 1.11. The number of piperidine rings is 1. The lowest BCUT2D eigenvalue weighted by molar-refractivity contribution is 0.182. The van der Waals surface area contributed by atoms with Crippen LogP contribution in [-0.2, 0) is 0 Å². The van der Waals surface area contributed by atoms with E-state index in [2.05, 4.69) is 22.1 Å². The molecule has 0 bridgehead atoms. The van der Waals surface area contributed by atoms with Gasteiger partial charge in [0.2, 0.25) is 0 Å². The quantitative estimate of drug-likeness (QED) is 0.760. The molecule has 0 N–H and O–H groups in total. The van der Waals surface area contributed by atoms with E-state index in [0.29, 0.717) is 0 Å². The maximum Gasteiger partial charge on any atom is 0.174 e. The lowest BCUT2D eigenvalue weighted by Crippen LogP contribution is -2.36. The Hall–Kier alpha value is -0.130. The minimum Gasteiger partial charge on any atom is -0.303 e. The number of nitrogens with zero attached hydrogens (tertiary/aromatic N) is 3. The molecule has 0 aliphatic carbocycles. The van der Waals surface area contributed by atoms with Gasteiger partial charge in [-0.05, 0) is 32.9 Å². The van der Waals surface area contributed by atoms with Crippen molar-refractivity contribution in [2.45, 2.75) is 36.1 Å². The van der Waals surface area contributed by atoms with Crippen LogP contribution in [0.3, 0.4) is 0 Å². The fourth-order valence-corrected chi connectivity index (χ4v) is 3.62. The van der Waals surface area contributed by atoms with Gasteiger partial charge in [-0.2, -0.15) is 0 Å². The first kappa shape index (κ1) is 11.4. The van der Waals surface area contributed by atoms with Gasteiger partial charge in [-0.25, -0.2) is 0 Å². The molecule has 0 saturated carbocycles. The largest absolute Gasteiger partial charge is 0.303 e. The van der Waals surface area contributed by atoms with Gasteiger partial charge >= 0.3 is 0 Å². The molecule has 15 heavy (non-hydrogen) atoms. The SMILES string of the molecule is CN1CCCCC1CCSc1nncs1. The minimum atomic E-state index is 0.791. The molecule has 84 valence electrons. The molecule has 3 nitrogen and oxygen atoms in total. The minimum absolute atomic E-state index is 0.791. The van der Waals surface area contributed by atoms with E-state index in [9.17, 15) is 0 Å². The number of rotatable bonds is 4. The first-order chi connectivity index (χ1) is 7.36. The number of hydrogen-bond acceptors (Lipinski definition) is 5. The average molecular weight is 243 g/mol. The van der Waals surface area contributed by atoms with Crippen molar-refractivity contribution in [3.05, 3.63) is 5.51 Å². The lowest BCUT2D eigenvalue weighted by atomic mass is 10.0. The third-order valence-electron chi connectivity index (χ3n) is 2.94. The number of likely N-dealkylation sites (tertiary alicyclic amines) is 1. The van der Waals surface area contributed by atoms with Gasteiger partial charge in [-0.3, -0.25) is 0 Å². The predicted octanol–water partition coefficient (Wildman–Crippen LogP) is 2.50. The molecule has 0 amide bonds. The second kappa shape index (κ2) is 5.82. The van der Waals surface area contributed by atoms with Gasteiger partial charge in [-0.15, -0.1) is 10.2 Å². The third-order valence-corrected chi connectivity index (χ3v) is 4.83. The molecule has 1 unspecified atom stereocenters. The molecule has 1 saturated heterocycles. The summed E-state index contributed by atoms with van der Waals surface area (Å²) in [5.41, 5.74) is 1.80. The molecule has 1 fully saturated rings. The van der Waals surface area contributed by atoms with Gasteiger partial charge in [0.25, 0.3) is 0 Å². The first-order valence-electron chi connectivity index (χ1n) is 5.45. The normalized spacial score (nSPS) is 23.1. The van der Waals surface area contributed by atoms with Crippen LogP contribution >= 0.6 is 23.1 Å². The Balaban J connectivity index is 1.68. The van der Waals surface area contributed by atoms with Crippen LogP contribution in [0.1, 0.15) is 25.7 Å². The number of hydrogen-bond donors (Lipinski definition) is 0. The second-order valence-electron chi connectivity index (χ2n) is 3.97. The van der Waals surface area contributed by atoms with Gasteiger partial charge in [0, 0.05) is 11.8 Å². The third kappa shape index (κ3) is 3.43. The van der Waals surface area contributed by atoms with Crippen molar-refractivity contribution in [3.8, 4) is 0 Å². The summed E-state index contributed by atoms with van der Waals surface area (Å²) in [6, 6.07) is 0.791. The number of thioether (sulfide) groups is 1. The van der Waals surface area contributed by atoms with Gasteiger partial charge in [0.15, 0.2) is 4.34 Å². The Labute approximate surface area is 99.3 Å². The molecular formula is C10H17N3S2. The Kier molecular flexibility index (Phi) is 4.41. The highest BCUT2D eigenvalue weighted by Gasteiger charge is 2.18. The van der Waals surface area contributed by atoms with Gasteiger partial charge in [0.1, 0.15) is 5.51 Å². The second-order valence-corrected chi connectivity index (χ2v) is 6.15. The highest BCUT2D eigenvalue weighted by Crippen LogP contribution is 2.24. The van der Waals surface area contributed by atoms with Crippen LogP contribution in [0.2, 0.25) is 0 Å². The molecule has 2 rings (SSSR count). The van der Waals surface area contributed by atoms with Crippen LogP contribution in [0, 0.1) is 0 Å². The van der Waals surface area contributed by atoms with E-state index < -0.39 is 0 Å². The molecule has 1 aliphatic heterocycles.